The number of rotatable bonds is 5. The molecule has 0 aromatic rings. The van der Waals surface area contributed by atoms with Gasteiger partial charge in [-0.3, -0.25) is 4.79 Å². The maximum Gasteiger partial charge on any atom is 0.228 e. The summed E-state index contributed by atoms with van der Waals surface area (Å²) in [6.07, 6.45) is 7.95. The molecule has 2 rings (SSSR count). The summed E-state index contributed by atoms with van der Waals surface area (Å²) in [5.41, 5.74) is 5.68. The summed E-state index contributed by atoms with van der Waals surface area (Å²) in [6, 6.07) is 0. The number of piperidine rings is 1. The van der Waals surface area contributed by atoms with Crippen molar-refractivity contribution in [3.05, 3.63) is 0 Å². The van der Waals surface area contributed by atoms with Crippen LogP contribution < -0.4 is 5.73 Å². The molecule has 1 saturated carbocycles. The molecular formula is C14H26N2O. The van der Waals surface area contributed by atoms with Gasteiger partial charge in [-0.05, 0) is 51.0 Å². The second kappa shape index (κ2) is 5.38. The fourth-order valence-electron chi connectivity index (χ4n) is 3.26. The normalized spacial score (nSPS) is 26.9. The van der Waals surface area contributed by atoms with E-state index >= 15 is 0 Å². The van der Waals surface area contributed by atoms with Crippen molar-refractivity contribution in [1.29, 1.82) is 0 Å². The van der Waals surface area contributed by atoms with Crippen molar-refractivity contribution in [3.63, 3.8) is 0 Å². The minimum atomic E-state index is 0.0549. The molecule has 2 aliphatic rings. The number of carbonyl (C=O) groups is 1. The number of hydrogen-bond donors (Lipinski definition) is 1. The fourth-order valence-corrected chi connectivity index (χ4v) is 3.26. The summed E-state index contributed by atoms with van der Waals surface area (Å²) >= 11 is 0. The van der Waals surface area contributed by atoms with Crippen LogP contribution in [-0.2, 0) is 4.79 Å². The van der Waals surface area contributed by atoms with Gasteiger partial charge in [-0.15, -0.1) is 0 Å². The van der Waals surface area contributed by atoms with E-state index in [-0.39, 0.29) is 5.41 Å². The summed E-state index contributed by atoms with van der Waals surface area (Å²) in [5.74, 6) is 1.09. The van der Waals surface area contributed by atoms with E-state index in [9.17, 15) is 4.79 Å². The number of nitrogens with zero attached hydrogens (tertiary/aromatic N) is 1. The number of hydrogen-bond acceptors (Lipinski definition) is 2. The van der Waals surface area contributed by atoms with Gasteiger partial charge >= 0.3 is 0 Å². The first-order valence-electron chi connectivity index (χ1n) is 7.21. The Bertz CT molecular complexity index is 271. The average Bonchev–Trinajstić information content (AvgIpc) is 3.10. The van der Waals surface area contributed by atoms with E-state index in [1.54, 1.807) is 0 Å². The Morgan fingerprint density at radius 1 is 1.47 bits per heavy atom. The largest absolute Gasteiger partial charge is 0.342 e. The van der Waals surface area contributed by atoms with Gasteiger partial charge in [0.1, 0.15) is 0 Å². The highest BCUT2D eigenvalue weighted by molar-refractivity contribution is 5.85. The molecule has 3 nitrogen and oxygen atoms in total. The zero-order valence-corrected chi connectivity index (χ0v) is 11.1. The van der Waals surface area contributed by atoms with Gasteiger partial charge in [0.15, 0.2) is 0 Å². The predicted molar refractivity (Wildman–Crippen MR) is 69.6 cm³/mol. The molecule has 0 radical (unpaired) electrons. The first kappa shape index (κ1) is 12.9. The highest BCUT2D eigenvalue weighted by Crippen LogP contribution is 2.51. The molecule has 1 aliphatic heterocycles. The molecule has 17 heavy (non-hydrogen) atoms. The predicted octanol–water partition coefficient (Wildman–Crippen LogP) is 2.15. The summed E-state index contributed by atoms with van der Waals surface area (Å²) in [5, 5.41) is 0. The third-order valence-electron chi connectivity index (χ3n) is 4.42. The topological polar surface area (TPSA) is 46.3 Å². The summed E-state index contributed by atoms with van der Waals surface area (Å²) < 4.78 is 0. The molecule has 1 atom stereocenters. The second-order valence-corrected chi connectivity index (χ2v) is 5.87. The molecule has 2 fully saturated rings. The summed E-state index contributed by atoms with van der Waals surface area (Å²) in [4.78, 5) is 14.6. The van der Waals surface area contributed by atoms with Crippen molar-refractivity contribution in [2.75, 3.05) is 19.6 Å². The lowest BCUT2D eigenvalue weighted by atomic mass is 9.92. The smallest absolute Gasteiger partial charge is 0.228 e. The minimum Gasteiger partial charge on any atom is -0.342 e. The fraction of sp³-hybridized carbons (Fsp3) is 0.929. The zero-order valence-electron chi connectivity index (χ0n) is 11.1. The number of nitrogens with two attached hydrogens (primary N) is 1. The molecule has 1 heterocycles. The third-order valence-corrected chi connectivity index (χ3v) is 4.42. The van der Waals surface area contributed by atoms with Crippen LogP contribution in [0.1, 0.15) is 51.9 Å². The van der Waals surface area contributed by atoms with Crippen LogP contribution in [0.2, 0.25) is 0 Å². The molecule has 98 valence electrons. The Hall–Kier alpha value is -0.570. The van der Waals surface area contributed by atoms with Crippen LogP contribution in [0.25, 0.3) is 0 Å². The van der Waals surface area contributed by atoms with Crippen LogP contribution in [0.5, 0.6) is 0 Å². The van der Waals surface area contributed by atoms with E-state index in [2.05, 4.69) is 11.8 Å². The maximum atomic E-state index is 12.5. The Morgan fingerprint density at radius 3 is 2.82 bits per heavy atom. The van der Waals surface area contributed by atoms with Gasteiger partial charge in [0, 0.05) is 18.5 Å². The molecule has 0 aromatic heterocycles. The maximum absolute atomic E-state index is 12.5. The van der Waals surface area contributed by atoms with Gasteiger partial charge in [-0.2, -0.15) is 0 Å². The molecule has 3 heteroatoms. The lowest BCUT2D eigenvalue weighted by Gasteiger charge is -2.35. The molecule has 1 unspecified atom stereocenters. The van der Waals surface area contributed by atoms with Gasteiger partial charge in [0.2, 0.25) is 5.91 Å². The van der Waals surface area contributed by atoms with Gasteiger partial charge < -0.3 is 10.6 Å². The number of amides is 1. The van der Waals surface area contributed by atoms with Crippen molar-refractivity contribution < 1.29 is 4.79 Å². The monoisotopic (exact) mass is 238 g/mol. The Labute approximate surface area is 105 Å². The van der Waals surface area contributed by atoms with Crippen LogP contribution >= 0.6 is 0 Å². The van der Waals surface area contributed by atoms with Crippen molar-refractivity contribution >= 4 is 5.91 Å². The van der Waals surface area contributed by atoms with Crippen LogP contribution in [0.4, 0.5) is 0 Å². The number of carbonyl (C=O) groups excluding carboxylic acids is 1. The first-order valence-corrected chi connectivity index (χ1v) is 7.21. The SMILES string of the molecule is CCCC1(C(=O)N2CCCC(CCN)C2)CC1. The molecule has 1 saturated heterocycles. The lowest BCUT2D eigenvalue weighted by Crippen LogP contribution is -2.44. The van der Waals surface area contributed by atoms with Crippen molar-refractivity contribution in [1.82, 2.24) is 4.90 Å². The molecular weight excluding hydrogens is 212 g/mol. The quantitative estimate of drug-likeness (QED) is 0.797. The molecule has 2 N–H and O–H groups in total. The Kier molecular flexibility index (Phi) is 4.08. The molecule has 0 bridgehead atoms. The Morgan fingerprint density at radius 2 is 2.24 bits per heavy atom. The first-order chi connectivity index (χ1) is 8.22. The standard InChI is InChI=1S/C14H26N2O/c1-2-6-14(7-8-14)13(17)16-10-3-4-12(11-16)5-9-15/h12H,2-11,15H2,1H3. The van der Waals surface area contributed by atoms with E-state index in [0.29, 0.717) is 11.8 Å². The van der Waals surface area contributed by atoms with E-state index in [4.69, 9.17) is 5.73 Å². The highest BCUT2D eigenvalue weighted by Gasteiger charge is 2.50. The Balaban J connectivity index is 1.91. The van der Waals surface area contributed by atoms with Crippen LogP contribution in [-0.4, -0.2) is 30.4 Å². The van der Waals surface area contributed by atoms with Crippen molar-refractivity contribution in [3.8, 4) is 0 Å². The van der Waals surface area contributed by atoms with E-state index in [1.165, 1.54) is 12.8 Å². The second-order valence-electron chi connectivity index (χ2n) is 5.87. The van der Waals surface area contributed by atoms with Crippen LogP contribution in [0.15, 0.2) is 0 Å². The van der Waals surface area contributed by atoms with Crippen LogP contribution in [0, 0.1) is 11.3 Å². The average molecular weight is 238 g/mol. The summed E-state index contributed by atoms with van der Waals surface area (Å²) in [7, 11) is 0. The molecule has 1 amide bonds. The van der Waals surface area contributed by atoms with Gasteiger partial charge in [-0.1, -0.05) is 13.3 Å². The lowest BCUT2D eigenvalue weighted by molar-refractivity contribution is -0.139. The number of likely N-dealkylation sites (tertiary alicyclic amines) is 1. The van der Waals surface area contributed by atoms with Gasteiger partial charge in [0.05, 0.1) is 0 Å². The van der Waals surface area contributed by atoms with Gasteiger partial charge in [0.25, 0.3) is 0 Å². The zero-order chi connectivity index (χ0) is 12.3. The van der Waals surface area contributed by atoms with E-state index in [0.717, 1.165) is 51.7 Å². The highest BCUT2D eigenvalue weighted by atomic mass is 16.2. The van der Waals surface area contributed by atoms with Crippen LogP contribution in [0.3, 0.4) is 0 Å². The van der Waals surface area contributed by atoms with E-state index < -0.39 is 0 Å². The molecule has 0 spiro atoms. The third kappa shape index (κ3) is 2.82. The molecule has 0 aromatic carbocycles. The van der Waals surface area contributed by atoms with Crippen molar-refractivity contribution in [2.45, 2.75) is 51.9 Å². The van der Waals surface area contributed by atoms with Crippen molar-refractivity contribution in [2.24, 2.45) is 17.1 Å². The van der Waals surface area contributed by atoms with E-state index in [1.807, 2.05) is 0 Å². The minimum absolute atomic E-state index is 0.0549. The molecule has 1 aliphatic carbocycles. The van der Waals surface area contributed by atoms with Gasteiger partial charge in [-0.25, -0.2) is 0 Å². The summed E-state index contributed by atoms with van der Waals surface area (Å²) in [6.45, 7) is 4.88.